The maximum atomic E-state index is 11.8. The largest absolute Gasteiger partial charge is 0.296 e. The smallest absolute Gasteiger partial charge is 0.267 e. The van der Waals surface area contributed by atoms with Crippen LogP contribution in [0.5, 0.6) is 0 Å². The highest BCUT2D eigenvalue weighted by atomic mass is 79.9. The van der Waals surface area contributed by atoms with Gasteiger partial charge in [-0.1, -0.05) is 12.8 Å². The van der Waals surface area contributed by atoms with Crippen molar-refractivity contribution in [1.29, 1.82) is 0 Å². The highest BCUT2D eigenvalue weighted by Crippen LogP contribution is 2.05. The van der Waals surface area contributed by atoms with E-state index < -0.39 is 0 Å². The molecule has 0 amide bonds. The summed E-state index contributed by atoms with van der Waals surface area (Å²) >= 11 is 7.38. The summed E-state index contributed by atoms with van der Waals surface area (Å²) in [6.45, 7) is 2.62. The molecule has 0 aliphatic carbocycles. The van der Waals surface area contributed by atoms with Crippen LogP contribution >= 0.6 is 28.6 Å². The van der Waals surface area contributed by atoms with Crippen LogP contribution in [0.25, 0.3) is 0 Å². The number of hydrogen-bond acceptors (Lipinski definition) is 3. The summed E-state index contributed by atoms with van der Waals surface area (Å²) in [6, 6.07) is 0. The van der Waals surface area contributed by atoms with Crippen LogP contribution in [0.4, 0.5) is 0 Å². The maximum absolute atomic E-state index is 11.8. The standard InChI is InChI=1S/C11H17BrN2OS/c1-9-13-8-10(12)11(15)14(9)6-4-2-3-5-7-16/h8,16H,2-7H2,1H3. The molecule has 3 nitrogen and oxygen atoms in total. The Hall–Kier alpha value is -0.290. The third-order valence-corrected chi connectivity index (χ3v) is 3.35. The van der Waals surface area contributed by atoms with Gasteiger partial charge in [-0.15, -0.1) is 0 Å². The molecule has 0 radical (unpaired) electrons. The van der Waals surface area contributed by atoms with Gasteiger partial charge in [-0.3, -0.25) is 9.36 Å². The molecule has 1 aromatic heterocycles. The van der Waals surface area contributed by atoms with Gasteiger partial charge in [-0.25, -0.2) is 4.98 Å². The van der Waals surface area contributed by atoms with Gasteiger partial charge in [0.2, 0.25) is 0 Å². The van der Waals surface area contributed by atoms with Gasteiger partial charge in [0, 0.05) is 12.7 Å². The minimum atomic E-state index is 0.0155. The lowest BCUT2D eigenvalue weighted by Gasteiger charge is -2.08. The number of unbranched alkanes of at least 4 members (excludes halogenated alkanes) is 3. The van der Waals surface area contributed by atoms with E-state index in [0.29, 0.717) is 4.47 Å². The van der Waals surface area contributed by atoms with Crippen LogP contribution in [-0.4, -0.2) is 15.3 Å². The molecule has 0 saturated carbocycles. The Morgan fingerprint density at radius 1 is 1.38 bits per heavy atom. The Morgan fingerprint density at radius 2 is 2.06 bits per heavy atom. The predicted octanol–water partition coefficient (Wildman–Crippen LogP) is 2.80. The topological polar surface area (TPSA) is 34.9 Å². The molecule has 0 fully saturated rings. The molecule has 0 aliphatic rings. The monoisotopic (exact) mass is 304 g/mol. The molecule has 0 N–H and O–H groups in total. The predicted molar refractivity (Wildman–Crippen MR) is 73.3 cm³/mol. The van der Waals surface area contributed by atoms with Crippen LogP contribution in [-0.2, 0) is 6.54 Å². The fraction of sp³-hybridized carbons (Fsp3) is 0.636. The zero-order valence-corrected chi connectivity index (χ0v) is 11.9. The van der Waals surface area contributed by atoms with Gasteiger partial charge in [-0.2, -0.15) is 12.6 Å². The zero-order chi connectivity index (χ0) is 12.0. The Morgan fingerprint density at radius 3 is 2.75 bits per heavy atom. The van der Waals surface area contributed by atoms with E-state index >= 15 is 0 Å². The van der Waals surface area contributed by atoms with E-state index in [1.807, 2.05) is 6.92 Å². The van der Waals surface area contributed by atoms with Crippen LogP contribution < -0.4 is 5.56 Å². The molecule has 0 bridgehead atoms. The Balaban J connectivity index is 2.54. The van der Waals surface area contributed by atoms with Crippen molar-refractivity contribution in [2.75, 3.05) is 5.75 Å². The van der Waals surface area contributed by atoms with Crippen LogP contribution in [0.3, 0.4) is 0 Å². The van der Waals surface area contributed by atoms with Crippen LogP contribution in [0.1, 0.15) is 31.5 Å². The number of hydrogen-bond donors (Lipinski definition) is 1. The third kappa shape index (κ3) is 3.94. The fourth-order valence-electron chi connectivity index (χ4n) is 1.55. The lowest BCUT2D eigenvalue weighted by molar-refractivity contribution is 0.551. The van der Waals surface area contributed by atoms with Crippen molar-refractivity contribution in [1.82, 2.24) is 9.55 Å². The normalized spacial score (nSPS) is 10.7. The van der Waals surface area contributed by atoms with Gasteiger partial charge in [0.25, 0.3) is 5.56 Å². The van der Waals surface area contributed by atoms with Gasteiger partial charge in [0.15, 0.2) is 0 Å². The molecule has 1 rings (SSSR count). The average molecular weight is 305 g/mol. The van der Waals surface area contributed by atoms with Gasteiger partial charge in [0.1, 0.15) is 10.3 Å². The fourth-order valence-corrected chi connectivity index (χ4v) is 2.09. The Kier molecular flexibility index (Phi) is 6.13. The lowest BCUT2D eigenvalue weighted by atomic mass is 10.2. The van der Waals surface area contributed by atoms with Crippen LogP contribution in [0, 0.1) is 6.92 Å². The molecule has 5 heteroatoms. The maximum Gasteiger partial charge on any atom is 0.267 e. The van der Waals surface area contributed by atoms with Crippen LogP contribution in [0.2, 0.25) is 0 Å². The number of aromatic nitrogens is 2. The van der Waals surface area contributed by atoms with E-state index in [9.17, 15) is 4.79 Å². The average Bonchev–Trinajstić information content (AvgIpc) is 2.28. The van der Waals surface area contributed by atoms with E-state index in [1.165, 1.54) is 6.42 Å². The first-order chi connectivity index (χ1) is 7.66. The second kappa shape index (κ2) is 7.12. The van der Waals surface area contributed by atoms with E-state index in [0.717, 1.165) is 37.4 Å². The molecule has 0 aromatic carbocycles. The van der Waals surface area contributed by atoms with Gasteiger partial charge >= 0.3 is 0 Å². The molecule has 0 aliphatic heterocycles. The van der Waals surface area contributed by atoms with Crippen molar-refractivity contribution < 1.29 is 0 Å². The Bertz CT molecular complexity index is 392. The van der Waals surface area contributed by atoms with E-state index in [-0.39, 0.29) is 5.56 Å². The number of nitrogens with zero attached hydrogens (tertiary/aromatic N) is 2. The first kappa shape index (κ1) is 13.8. The quantitative estimate of drug-likeness (QED) is 0.648. The van der Waals surface area contributed by atoms with Crippen molar-refractivity contribution in [3.63, 3.8) is 0 Å². The van der Waals surface area contributed by atoms with Gasteiger partial charge in [0.05, 0.1) is 0 Å². The molecule has 0 unspecified atom stereocenters. The van der Waals surface area contributed by atoms with Gasteiger partial charge < -0.3 is 0 Å². The second-order valence-corrected chi connectivity index (χ2v) is 5.05. The lowest BCUT2D eigenvalue weighted by Crippen LogP contribution is -2.24. The summed E-state index contributed by atoms with van der Waals surface area (Å²) < 4.78 is 2.26. The van der Waals surface area contributed by atoms with E-state index in [1.54, 1.807) is 10.8 Å². The molecule has 0 saturated heterocycles. The summed E-state index contributed by atoms with van der Waals surface area (Å²) in [4.78, 5) is 15.9. The number of aryl methyl sites for hydroxylation is 1. The molecule has 0 spiro atoms. The zero-order valence-electron chi connectivity index (χ0n) is 9.45. The summed E-state index contributed by atoms with van der Waals surface area (Å²) in [7, 11) is 0. The Labute approximate surface area is 110 Å². The minimum Gasteiger partial charge on any atom is -0.296 e. The molecule has 16 heavy (non-hydrogen) atoms. The van der Waals surface area contributed by atoms with Crippen molar-refractivity contribution in [2.45, 2.75) is 39.2 Å². The first-order valence-electron chi connectivity index (χ1n) is 5.49. The molecular formula is C11H17BrN2OS. The summed E-state index contributed by atoms with van der Waals surface area (Å²) in [5.74, 6) is 1.72. The van der Waals surface area contributed by atoms with Crippen molar-refractivity contribution in [3.8, 4) is 0 Å². The molecular weight excluding hydrogens is 288 g/mol. The van der Waals surface area contributed by atoms with Crippen LogP contribution in [0.15, 0.2) is 15.5 Å². The SMILES string of the molecule is Cc1ncc(Br)c(=O)n1CCCCCCS. The van der Waals surface area contributed by atoms with Gasteiger partial charge in [-0.05, 0) is 41.4 Å². The van der Waals surface area contributed by atoms with Crippen molar-refractivity contribution >= 4 is 28.6 Å². The molecule has 1 heterocycles. The molecule has 1 aromatic rings. The molecule has 90 valence electrons. The summed E-state index contributed by atoms with van der Waals surface area (Å²) in [5.41, 5.74) is 0.0155. The van der Waals surface area contributed by atoms with Crippen molar-refractivity contribution in [3.05, 3.63) is 26.8 Å². The number of halogens is 1. The number of thiol groups is 1. The van der Waals surface area contributed by atoms with E-state index in [2.05, 4.69) is 33.5 Å². The molecule has 0 atom stereocenters. The third-order valence-electron chi connectivity index (χ3n) is 2.49. The highest BCUT2D eigenvalue weighted by Gasteiger charge is 2.04. The van der Waals surface area contributed by atoms with E-state index in [4.69, 9.17) is 0 Å². The highest BCUT2D eigenvalue weighted by molar-refractivity contribution is 9.10. The minimum absolute atomic E-state index is 0.0155. The number of rotatable bonds is 6. The first-order valence-corrected chi connectivity index (χ1v) is 6.92. The summed E-state index contributed by atoms with van der Waals surface area (Å²) in [5, 5.41) is 0. The summed E-state index contributed by atoms with van der Waals surface area (Å²) in [6.07, 6.45) is 6.05. The second-order valence-electron chi connectivity index (χ2n) is 3.75. The van der Waals surface area contributed by atoms with Crippen molar-refractivity contribution in [2.24, 2.45) is 0 Å².